The number of hydrogen-bond acceptors (Lipinski definition) is 5. The van der Waals surface area contributed by atoms with Crippen LogP contribution >= 0.6 is 0 Å². The highest BCUT2D eigenvalue weighted by Gasteiger charge is 2.64. The van der Waals surface area contributed by atoms with Gasteiger partial charge in [-0.25, -0.2) is 4.68 Å². The summed E-state index contributed by atoms with van der Waals surface area (Å²) in [7, 11) is 0. The molecule has 3 fully saturated rings. The van der Waals surface area contributed by atoms with Crippen LogP contribution in [0.2, 0.25) is 0 Å². The standard InChI is InChI=1S/C20H21N5O2/c1-12-17(18(26)22-20-10-19(3,11-20)27-13(20)2)23-24-25(12)16-6-4-5-14-9-21-8-7-15(14)16/h4-9,13H,10-11H2,1-3H3,(H,22,26). The molecular weight excluding hydrogens is 342 g/mol. The lowest BCUT2D eigenvalue weighted by Gasteiger charge is -2.43. The van der Waals surface area contributed by atoms with E-state index in [0.717, 1.165) is 29.3 Å². The average molecular weight is 363 g/mol. The van der Waals surface area contributed by atoms with Gasteiger partial charge in [0, 0.05) is 36.0 Å². The maximum Gasteiger partial charge on any atom is 0.274 e. The summed E-state index contributed by atoms with van der Waals surface area (Å²) in [4.78, 5) is 17.1. The normalized spacial score (nSPS) is 28.9. The van der Waals surface area contributed by atoms with Crippen molar-refractivity contribution in [2.75, 3.05) is 0 Å². The number of carbonyl (C=O) groups is 1. The first-order chi connectivity index (χ1) is 12.9. The number of carbonyl (C=O) groups excluding carboxylic acids is 1. The van der Waals surface area contributed by atoms with Crippen LogP contribution in [0.3, 0.4) is 0 Å². The molecule has 1 atom stereocenters. The van der Waals surface area contributed by atoms with Crippen LogP contribution in [-0.4, -0.2) is 43.1 Å². The van der Waals surface area contributed by atoms with Crippen molar-refractivity contribution in [2.45, 2.75) is 50.9 Å². The summed E-state index contributed by atoms with van der Waals surface area (Å²) in [6.45, 7) is 5.98. The minimum Gasteiger partial charge on any atom is -0.370 e. The number of pyridine rings is 1. The van der Waals surface area contributed by atoms with Gasteiger partial charge in [-0.1, -0.05) is 17.3 Å². The fourth-order valence-corrected chi connectivity index (χ4v) is 4.73. The van der Waals surface area contributed by atoms with Crippen molar-refractivity contribution in [3.8, 4) is 5.69 Å². The summed E-state index contributed by atoms with van der Waals surface area (Å²) in [5.41, 5.74) is 1.56. The zero-order valence-electron chi connectivity index (χ0n) is 15.6. The number of nitrogens with one attached hydrogen (secondary N) is 1. The number of ether oxygens (including phenoxy) is 1. The van der Waals surface area contributed by atoms with E-state index in [4.69, 9.17) is 4.74 Å². The number of rotatable bonds is 3. The van der Waals surface area contributed by atoms with Crippen LogP contribution in [-0.2, 0) is 4.74 Å². The largest absolute Gasteiger partial charge is 0.370 e. The van der Waals surface area contributed by atoms with Gasteiger partial charge in [0.15, 0.2) is 5.69 Å². The van der Waals surface area contributed by atoms with Crippen LogP contribution < -0.4 is 5.32 Å². The van der Waals surface area contributed by atoms with E-state index in [-0.39, 0.29) is 23.2 Å². The zero-order chi connectivity index (χ0) is 18.8. The molecule has 7 nitrogen and oxygen atoms in total. The quantitative estimate of drug-likeness (QED) is 0.773. The summed E-state index contributed by atoms with van der Waals surface area (Å²) < 4.78 is 7.67. The second kappa shape index (κ2) is 5.36. The average Bonchev–Trinajstić information content (AvgIpc) is 3.19. The van der Waals surface area contributed by atoms with E-state index in [2.05, 4.69) is 27.5 Å². The lowest BCUT2D eigenvalue weighted by Crippen LogP contribution is -2.60. The molecule has 3 aliphatic rings. The Morgan fingerprint density at radius 1 is 1.33 bits per heavy atom. The molecular formula is C20H21N5O2. The Kier molecular flexibility index (Phi) is 3.25. The van der Waals surface area contributed by atoms with Crippen molar-refractivity contribution in [1.29, 1.82) is 0 Å². The van der Waals surface area contributed by atoms with E-state index in [1.54, 1.807) is 10.9 Å². The molecule has 2 aliphatic heterocycles. The molecule has 1 aromatic carbocycles. The minimum absolute atomic E-state index is 0.00682. The van der Waals surface area contributed by atoms with Gasteiger partial charge in [-0.05, 0) is 32.9 Å². The predicted octanol–water partition coefficient (Wildman–Crippen LogP) is 2.56. The number of amides is 1. The molecule has 1 unspecified atom stereocenters. The van der Waals surface area contributed by atoms with Gasteiger partial charge in [0.2, 0.25) is 0 Å². The van der Waals surface area contributed by atoms with Crippen molar-refractivity contribution in [3.63, 3.8) is 0 Å². The molecule has 1 N–H and O–H groups in total. The van der Waals surface area contributed by atoms with E-state index < -0.39 is 0 Å². The van der Waals surface area contributed by atoms with E-state index >= 15 is 0 Å². The Morgan fingerprint density at radius 2 is 2.15 bits per heavy atom. The van der Waals surface area contributed by atoms with Gasteiger partial charge in [0.1, 0.15) is 0 Å². The molecule has 7 heteroatoms. The Labute approximate surface area is 156 Å². The van der Waals surface area contributed by atoms with Gasteiger partial charge in [-0.3, -0.25) is 9.78 Å². The van der Waals surface area contributed by atoms with E-state index in [9.17, 15) is 4.79 Å². The Balaban J connectivity index is 1.48. The SMILES string of the molecule is Cc1c(C(=O)NC23CC(C)(C2)OC3C)nnn1-c1cccc2cnccc12. The van der Waals surface area contributed by atoms with Crippen molar-refractivity contribution in [1.82, 2.24) is 25.3 Å². The van der Waals surface area contributed by atoms with Crippen LogP contribution in [0.1, 0.15) is 42.9 Å². The molecule has 138 valence electrons. The molecule has 4 heterocycles. The zero-order valence-corrected chi connectivity index (χ0v) is 15.6. The number of hydrogen-bond donors (Lipinski definition) is 1. The summed E-state index contributed by atoms with van der Waals surface area (Å²) in [6, 6.07) is 7.86. The lowest BCUT2D eigenvalue weighted by molar-refractivity contribution is -0.00474. The molecule has 2 saturated heterocycles. The predicted molar refractivity (Wildman–Crippen MR) is 99.8 cm³/mol. The van der Waals surface area contributed by atoms with Crippen LogP contribution in [0.4, 0.5) is 0 Å². The number of fused-ring (bicyclic) bond motifs is 2. The van der Waals surface area contributed by atoms with Gasteiger partial charge in [0.25, 0.3) is 5.91 Å². The monoisotopic (exact) mass is 363 g/mol. The molecule has 27 heavy (non-hydrogen) atoms. The van der Waals surface area contributed by atoms with Crippen molar-refractivity contribution >= 4 is 16.7 Å². The molecule has 2 aromatic heterocycles. The van der Waals surface area contributed by atoms with Gasteiger partial charge in [-0.2, -0.15) is 0 Å². The molecule has 1 saturated carbocycles. The van der Waals surface area contributed by atoms with Crippen molar-refractivity contribution in [2.24, 2.45) is 0 Å². The van der Waals surface area contributed by atoms with Crippen LogP contribution in [0.15, 0.2) is 36.7 Å². The maximum absolute atomic E-state index is 12.9. The van der Waals surface area contributed by atoms with Crippen molar-refractivity contribution < 1.29 is 9.53 Å². The number of aromatic nitrogens is 4. The second-order valence-corrected chi connectivity index (χ2v) is 7.98. The Morgan fingerprint density at radius 3 is 2.89 bits per heavy atom. The fourth-order valence-electron chi connectivity index (χ4n) is 4.73. The summed E-state index contributed by atoms with van der Waals surface area (Å²) in [6.07, 6.45) is 5.26. The van der Waals surface area contributed by atoms with E-state index in [1.807, 2.05) is 44.3 Å². The third-order valence-electron chi connectivity index (χ3n) is 5.98. The van der Waals surface area contributed by atoms with Gasteiger partial charge < -0.3 is 10.1 Å². The summed E-state index contributed by atoms with van der Waals surface area (Å²) in [5.74, 6) is -0.194. The molecule has 3 aromatic rings. The first-order valence-corrected chi connectivity index (χ1v) is 9.17. The highest BCUT2D eigenvalue weighted by Crippen LogP contribution is 2.55. The van der Waals surface area contributed by atoms with Gasteiger partial charge >= 0.3 is 0 Å². The van der Waals surface area contributed by atoms with E-state index in [1.165, 1.54) is 0 Å². The molecule has 1 aliphatic carbocycles. The van der Waals surface area contributed by atoms with E-state index in [0.29, 0.717) is 11.4 Å². The van der Waals surface area contributed by atoms with Crippen LogP contribution in [0.5, 0.6) is 0 Å². The summed E-state index contributed by atoms with van der Waals surface area (Å²) in [5, 5.41) is 13.6. The third-order valence-corrected chi connectivity index (χ3v) is 5.98. The van der Waals surface area contributed by atoms with Gasteiger partial charge in [-0.15, -0.1) is 5.10 Å². The molecule has 2 bridgehead atoms. The molecule has 0 spiro atoms. The molecule has 0 radical (unpaired) electrons. The first-order valence-electron chi connectivity index (χ1n) is 9.17. The van der Waals surface area contributed by atoms with Crippen LogP contribution in [0, 0.1) is 6.92 Å². The second-order valence-electron chi connectivity index (χ2n) is 7.98. The number of nitrogens with zero attached hydrogens (tertiary/aromatic N) is 4. The Bertz CT molecular complexity index is 1060. The molecule has 1 amide bonds. The summed E-state index contributed by atoms with van der Waals surface area (Å²) >= 11 is 0. The fraction of sp³-hybridized carbons (Fsp3) is 0.400. The smallest absolute Gasteiger partial charge is 0.274 e. The highest BCUT2D eigenvalue weighted by atomic mass is 16.5. The molecule has 6 rings (SSSR count). The Hall–Kier alpha value is -2.80. The minimum atomic E-state index is -0.285. The third kappa shape index (κ3) is 2.31. The first kappa shape index (κ1) is 16.4. The van der Waals surface area contributed by atoms with Crippen LogP contribution in [0.25, 0.3) is 16.5 Å². The van der Waals surface area contributed by atoms with Crippen molar-refractivity contribution in [3.05, 3.63) is 48.0 Å². The lowest BCUT2D eigenvalue weighted by atomic mass is 9.67. The maximum atomic E-state index is 12.9. The van der Waals surface area contributed by atoms with Gasteiger partial charge in [0.05, 0.1) is 28.6 Å². The number of benzene rings is 1. The topological polar surface area (TPSA) is 81.9 Å². The highest BCUT2D eigenvalue weighted by molar-refractivity contribution is 5.95.